The summed E-state index contributed by atoms with van der Waals surface area (Å²) in [5.74, 6) is 0.903. The van der Waals surface area contributed by atoms with Crippen LogP contribution in [0.5, 0.6) is 5.75 Å². The number of rotatable bonds is 7. The lowest BCUT2D eigenvalue weighted by Gasteiger charge is -2.15. The molecule has 0 radical (unpaired) electrons. The molecule has 0 unspecified atom stereocenters. The van der Waals surface area contributed by atoms with E-state index in [1.807, 2.05) is 30.3 Å². The van der Waals surface area contributed by atoms with Crippen LogP contribution in [0.25, 0.3) is 0 Å². The molecule has 1 N–H and O–H groups in total. The molecule has 2 aromatic rings. The third-order valence-corrected chi connectivity index (χ3v) is 3.81. The van der Waals surface area contributed by atoms with Crippen LogP contribution in [0.2, 0.25) is 5.02 Å². The second-order valence-corrected chi connectivity index (χ2v) is 5.62. The lowest BCUT2D eigenvalue weighted by atomic mass is 10.1. The topological polar surface area (TPSA) is 21.3 Å². The minimum atomic E-state index is 0.319. The Labute approximate surface area is 132 Å². The van der Waals surface area contributed by atoms with Crippen molar-refractivity contribution in [1.82, 2.24) is 5.32 Å². The summed E-state index contributed by atoms with van der Waals surface area (Å²) in [6.45, 7) is 3.15. The molecule has 0 aromatic heterocycles. The third kappa shape index (κ3) is 5.07. The fourth-order valence-corrected chi connectivity index (χ4v) is 2.55. The van der Waals surface area contributed by atoms with E-state index in [1.165, 1.54) is 11.1 Å². The number of halogens is 1. The summed E-state index contributed by atoms with van der Waals surface area (Å²) in [6, 6.07) is 16.6. The van der Waals surface area contributed by atoms with Crippen molar-refractivity contribution in [2.24, 2.45) is 0 Å². The molecule has 0 spiro atoms. The van der Waals surface area contributed by atoms with Crippen LogP contribution in [0.4, 0.5) is 0 Å². The summed E-state index contributed by atoms with van der Waals surface area (Å²) < 4.78 is 5.26. The van der Waals surface area contributed by atoms with Gasteiger partial charge in [0.2, 0.25) is 0 Å². The zero-order chi connectivity index (χ0) is 15.1. The Hall–Kier alpha value is -1.51. The first-order valence-electron chi connectivity index (χ1n) is 7.31. The average Bonchev–Trinajstić information content (AvgIpc) is 2.51. The molecule has 2 aromatic carbocycles. The molecule has 0 aliphatic rings. The molecule has 2 rings (SSSR count). The van der Waals surface area contributed by atoms with Crippen molar-refractivity contribution in [2.45, 2.75) is 25.8 Å². The minimum absolute atomic E-state index is 0.319. The van der Waals surface area contributed by atoms with Crippen LogP contribution in [-0.2, 0) is 6.42 Å². The Morgan fingerprint density at radius 3 is 2.71 bits per heavy atom. The van der Waals surface area contributed by atoms with Crippen molar-refractivity contribution < 1.29 is 4.74 Å². The molecule has 0 heterocycles. The predicted molar refractivity (Wildman–Crippen MR) is 89.2 cm³/mol. The Bertz CT molecular complexity index is 571. The van der Waals surface area contributed by atoms with Crippen molar-refractivity contribution in [3.05, 3.63) is 64.7 Å². The number of methoxy groups -OCH3 is 1. The molecule has 1 atom stereocenters. The van der Waals surface area contributed by atoms with Crippen LogP contribution >= 0.6 is 11.6 Å². The Balaban J connectivity index is 1.77. The maximum absolute atomic E-state index is 5.99. The highest BCUT2D eigenvalue weighted by atomic mass is 35.5. The molecule has 2 nitrogen and oxygen atoms in total. The average molecular weight is 304 g/mol. The fourth-order valence-electron chi connectivity index (χ4n) is 2.33. The number of hydrogen-bond donors (Lipinski definition) is 1. The number of ether oxygens (including phenoxy) is 1. The van der Waals surface area contributed by atoms with E-state index >= 15 is 0 Å². The van der Waals surface area contributed by atoms with Crippen LogP contribution in [0.3, 0.4) is 0 Å². The second-order valence-electron chi connectivity index (χ2n) is 5.19. The zero-order valence-corrected chi connectivity index (χ0v) is 13.4. The number of hydrogen-bond acceptors (Lipinski definition) is 2. The SMILES string of the molecule is COc1cccc([C@H](C)NCCCc2cccc(Cl)c2)c1. The van der Waals surface area contributed by atoms with Gasteiger partial charge in [-0.05, 0) is 61.7 Å². The zero-order valence-electron chi connectivity index (χ0n) is 12.6. The molecule has 3 heteroatoms. The quantitative estimate of drug-likeness (QED) is 0.753. The van der Waals surface area contributed by atoms with Gasteiger partial charge in [-0.3, -0.25) is 0 Å². The van der Waals surface area contributed by atoms with Crippen LogP contribution in [0.1, 0.15) is 30.5 Å². The molecular formula is C18H22ClNO. The van der Waals surface area contributed by atoms with E-state index in [1.54, 1.807) is 7.11 Å². The highest BCUT2D eigenvalue weighted by Crippen LogP contribution is 2.18. The van der Waals surface area contributed by atoms with Crippen LogP contribution < -0.4 is 10.1 Å². The Morgan fingerprint density at radius 2 is 1.95 bits per heavy atom. The maximum atomic E-state index is 5.99. The Kier molecular flexibility index (Phi) is 6.09. The third-order valence-electron chi connectivity index (χ3n) is 3.58. The van der Waals surface area contributed by atoms with Crippen LogP contribution in [-0.4, -0.2) is 13.7 Å². The molecule has 0 saturated carbocycles. The van der Waals surface area contributed by atoms with Crippen LogP contribution in [0.15, 0.2) is 48.5 Å². The first kappa shape index (κ1) is 15.9. The van der Waals surface area contributed by atoms with E-state index in [4.69, 9.17) is 16.3 Å². The van der Waals surface area contributed by atoms with Gasteiger partial charge < -0.3 is 10.1 Å². The summed E-state index contributed by atoms with van der Waals surface area (Å²) >= 11 is 5.99. The number of aryl methyl sites for hydroxylation is 1. The second kappa shape index (κ2) is 8.06. The molecule has 0 aliphatic heterocycles. The van der Waals surface area contributed by atoms with Gasteiger partial charge in [0.1, 0.15) is 5.75 Å². The normalized spacial score (nSPS) is 12.1. The van der Waals surface area contributed by atoms with Crippen molar-refractivity contribution in [3.8, 4) is 5.75 Å². The smallest absolute Gasteiger partial charge is 0.119 e. The van der Waals surface area contributed by atoms with Crippen molar-refractivity contribution in [1.29, 1.82) is 0 Å². The first-order chi connectivity index (χ1) is 10.2. The van der Waals surface area contributed by atoms with Crippen molar-refractivity contribution in [3.63, 3.8) is 0 Å². The molecule has 0 bridgehead atoms. The molecule has 0 saturated heterocycles. The van der Waals surface area contributed by atoms with Crippen molar-refractivity contribution in [2.75, 3.05) is 13.7 Å². The van der Waals surface area contributed by atoms with Gasteiger partial charge in [0.15, 0.2) is 0 Å². The largest absolute Gasteiger partial charge is 0.497 e. The lowest BCUT2D eigenvalue weighted by Crippen LogP contribution is -2.20. The number of benzene rings is 2. The van der Waals surface area contributed by atoms with E-state index in [9.17, 15) is 0 Å². The van der Waals surface area contributed by atoms with Gasteiger partial charge in [-0.25, -0.2) is 0 Å². The van der Waals surface area contributed by atoms with Gasteiger partial charge in [0, 0.05) is 11.1 Å². The minimum Gasteiger partial charge on any atom is -0.497 e. The molecule has 112 valence electrons. The maximum Gasteiger partial charge on any atom is 0.119 e. The van der Waals surface area contributed by atoms with E-state index in [0.29, 0.717) is 6.04 Å². The lowest BCUT2D eigenvalue weighted by molar-refractivity contribution is 0.413. The summed E-state index contributed by atoms with van der Waals surface area (Å²) in [6.07, 6.45) is 2.13. The van der Waals surface area contributed by atoms with Gasteiger partial charge in [0.25, 0.3) is 0 Å². The van der Waals surface area contributed by atoms with Gasteiger partial charge in [-0.2, -0.15) is 0 Å². The summed E-state index contributed by atoms with van der Waals surface area (Å²) in [5, 5.41) is 4.36. The van der Waals surface area contributed by atoms with E-state index in [2.05, 4.69) is 30.4 Å². The highest BCUT2D eigenvalue weighted by molar-refractivity contribution is 6.30. The standard InChI is InChI=1S/C18H22ClNO/c1-14(16-8-4-10-18(13-16)21-2)20-11-5-7-15-6-3-9-17(19)12-15/h3-4,6,8-10,12-14,20H,5,7,11H2,1-2H3/t14-/m0/s1. The van der Waals surface area contributed by atoms with E-state index in [0.717, 1.165) is 30.2 Å². The molecule has 0 amide bonds. The van der Waals surface area contributed by atoms with Gasteiger partial charge in [-0.15, -0.1) is 0 Å². The van der Waals surface area contributed by atoms with Crippen LogP contribution in [0, 0.1) is 0 Å². The first-order valence-corrected chi connectivity index (χ1v) is 7.68. The Morgan fingerprint density at radius 1 is 1.14 bits per heavy atom. The summed E-state index contributed by atoms with van der Waals surface area (Å²) in [5.41, 5.74) is 2.54. The van der Waals surface area contributed by atoms with Gasteiger partial charge in [-0.1, -0.05) is 35.9 Å². The predicted octanol–water partition coefficient (Wildman–Crippen LogP) is 4.63. The summed E-state index contributed by atoms with van der Waals surface area (Å²) in [7, 11) is 1.70. The van der Waals surface area contributed by atoms with Gasteiger partial charge >= 0.3 is 0 Å². The fraction of sp³-hybridized carbons (Fsp3) is 0.333. The summed E-state index contributed by atoms with van der Waals surface area (Å²) in [4.78, 5) is 0. The van der Waals surface area contributed by atoms with E-state index < -0.39 is 0 Å². The highest BCUT2D eigenvalue weighted by Gasteiger charge is 2.05. The molecule has 0 aliphatic carbocycles. The molecule has 21 heavy (non-hydrogen) atoms. The van der Waals surface area contributed by atoms with Crippen molar-refractivity contribution >= 4 is 11.6 Å². The van der Waals surface area contributed by atoms with Gasteiger partial charge in [0.05, 0.1) is 7.11 Å². The van der Waals surface area contributed by atoms with E-state index in [-0.39, 0.29) is 0 Å². The molecule has 0 fully saturated rings. The number of nitrogens with one attached hydrogen (secondary N) is 1. The monoisotopic (exact) mass is 303 g/mol. The molecular weight excluding hydrogens is 282 g/mol.